The molecule has 18 heavy (non-hydrogen) atoms. The van der Waals surface area contributed by atoms with Crippen LogP contribution >= 0.6 is 0 Å². The van der Waals surface area contributed by atoms with Crippen LogP contribution in [-0.2, 0) is 0 Å². The molecule has 2 heteroatoms. The van der Waals surface area contributed by atoms with E-state index in [2.05, 4.69) is 36.9 Å². The van der Waals surface area contributed by atoms with Gasteiger partial charge in [-0.1, -0.05) is 31.2 Å². The third kappa shape index (κ3) is 2.65. The van der Waals surface area contributed by atoms with Gasteiger partial charge in [0.05, 0.1) is 5.69 Å². The van der Waals surface area contributed by atoms with Crippen molar-refractivity contribution in [3.63, 3.8) is 0 Å². The second kappa shape index (κ2) is 5.58. The van der Waals surface area contributed by atoms with Crippen LogP contribution in [0.3, 0.4) is 0 Å². The van der Waals surface area contributed by atoms with E-state index in [0.29, 0.717) is 5.75 Å². The molecule has 0 saturated heterocycles. The molecular weight excluding hydrogens is 222 g/mol. The van der Waals surface area contributed by atoms with Gasteiger partial charge in [-0.05, 0) is 43.2 Å². The lowest BCUT2D eigenvalue weighted by molar-refractivity contribution is 0.475. The second-order valence-electron chi connectivity index (χ2n) is 4.48. The topological polar surface area (TPSA) is 23.5 Å². The summed E-state index contributed by atoms with van der Waals surface area (Å²) < 4.78 is 0. The molecule has 0 aliphatic rings. The normalized spacial score (nSPS) is 10.3. The average molecular weight is 241 g/mol. The molecule has 0 spiro atoms. The second-order valence-corrected chi connectivity index (χ2v) is 4.48. The van der Waals surface area contributed by atoms with Gasteiger partial charge in [-0.25, -0.2) is 0 Å². The summed E-state index contributed by atoms with van der Waals surface area (Å²) >= 11 is 0. The number of phenols is 1. The first-order chi connectivity index (χ1) is 8.72. The van der Waals surface area contributed by atoms with Crippen LogP contribution < -0.4 is 4.90 Å². The Morgan fingerprint density at radius 3 is 2.50 bits per heavy atom. The number of para-hydroxylation sites is 2. The average Bonchev–Trinajstić information content (AvgIpc) is 2.37. The molecule has 0 unspecified atom stereocenters. The van der Waals surface area contributed by atoms with E-state index in [0.717, 1.165) is 24.3 Å². The first-order valence-electron chi connectivity index (χ1n) is 6.34. The van der Waals surface area contributed by atoms with Gasteiger partial charge in [-0.3, -0.25) is 0 Å². The van der Waals surface area contributed by atoms with Crippen LogP contribution in [0.25, 0.3) is 0 Å². The number of aromatic hydroxyl groups is 1. The van der Waals surface area contributed by atoms with Gasteiger partial charge in [-0.2, -0.15) is 0 Å². The smallest absolute Gasteiger partial charge is 0.139 e. The fourth-order valence-electron chi connectivity index (χ4n) is 2.10. The van der Waals surface area contributed by atoms with E-state index < -0.39 is 0 Å². The zero-order valence-electron chi connectivity index (χ0n) is 10.9. The molecule has 0 aromatic heterocycles. The third-order valence-electron chi connectivity index (χ3n) is 2.93. The molecule has 1 N–H and O–H groups in total. The first-order valence-corrected chi connectivity index (χ1v) is 6.34. The molecule has 2 aromatic rings. The Labute approximate surface area is 109 Å². The molecule has 2 rings (SSSR count). The van der Waals surface area contributed by atoms with Crippen molar-refractivity contribution in [1.29, 1.82) is 0 Å². The predicted molar refractivity (Wildman–Crippen MR) is 76.6 cm³/mol. The first kappa shape index (κ1) is 12.5. The Bertz CT molecular complexity index is 522. The van der Waals surface area contributed by atoms with Crippen LogP contribution in [0, 0.1) is 6.92 Å². The Hall–Kier alpha value is -1.96. The summed E-state index contributed by atoms with van der Waals surface area (Å²) in [5, 5.41) is 10.00. The summed E-state index contributed by atoms with van der Waals surface area (Å²) in [5.41, 5.74) is 3.22. The lowest BCUT2D eigenvalue weighted by Crippen LogP contribution is -2.17. The Balaban J connectivity index is 2.43. The van der Waals surface area contributed by atoms with Gasteiger partial charge in [0, 0.05) is 12.2 Å². The Morgan fingerprint density at radius 2 is 1.83 bits per heavy atom. The number of benzene rings is 2. The molecule has 0 aliphatic heterocycles. The number of phenolic OH excluding ortho intramolecular Hbond substituents is 1. The largest absolute Gasteiger partial charge is 0.506 e. The number of anilines is 2. The van der Waals surface area contributed by atoms with E-state index in [-0.39, 0.29) is 0 Å². The maximum atomic E-state index is 10.00. The van der Waals surface area contributed by atoms with Crippen LogP contribution in [0.1, 0.15) is 18.9 Å². The number of nitrogens with zero attached hydrogens (tertiary/aromatic N) is 1. The van der Waals surface area contributed by atoms with Crippen molar-refractivity contribution in [2.24, 2.45) is 0 Å². The summed E-state index contributed by atoms with van der Waals surface area (Å²) in [6, 6.07) is 15.8. The van der Waals surface area contributed by atoms with E-state index >= 15 is 0 Å². The number of hydrogen-bond donors (Lipinski definition) is 1. The monoisotopic (exact) mass is 241 g/mol. The number of hydrogen-bond acceptors (Lipinski definition) is 2. The van der Waals surface area contributed by atoms with Gasteiger partial charge in [0.15, 0.2) is 0 Å². The summed E-state index contributed by atoms with van der Waals surface area (Å²) in [7, 11) is 0. The molecule has 0 aliphatic carbocycles. The molecule has 0 amide bonds. The zero-order valence-corrected chi connectivity index (χ0v) is 10.9. The van der Waals surface area contributed by atoms with Crippen molar-refractivity contribution in [2.45, 2.75) is 20.3 Å². The summed E-state index contributed by atoms with van der Waals surface area (Å²) in [5.74, 6) is 0.326. The highest BCUT2D eigenvalue weighted by Crippen LogP contribution is 2.33. The standard InChI is InChI=1S/C16H19NO/c1-3-11-17(14-8-6-7-13(2)12-14)15-9-4-5-10-16(15)18/h4-10,12,18H,3,11H2,1-2H3. The molecule has 0 atom stereocenters. The Morgan fingerprint density at radius 1 is 1.06 bits per heavy atom. The van der Waals surface area contributed by atoms with E-state index in [1.165, 1.54) is 5.56 Å². The highest BCUT2D eigenvalue weighted by atomic mass is 16.3. The number of rotatable bonds is 4. The van der Waals surface area contributed by atoms with E-state index in [1.54, 1.807) is 6.07 Å². The van der Waals surface area contributed by atoms with Crippen LogP contribution in [0.15, 0.2) is 48.5 Å². The fraction of sp³-hybridized carbons (Fsp3) is 0.250. The minimum absolute atomic E-state index is 0.326. The van der Waals surface area contributed by atoms with Gasteiger partial charge < -0.3 is 10.0 Å². The highest BCUT2D eigenvalue weighted by molar-refractivity contribution is 5.69. The predicted octanol–water partition coefficient (Wildman–Crippen LogP) is 4.25. The van der Waals surface area contributed by atoms with Crippen molar-refractivity contribution in [3.05, 3.63) is 54.1 Å². The van der Waals surface area contributed by atoms with Crippen LogP contribution in [0.2, 0.25) is 0 Å². The van der Waals surface area contributed by atoms with Crippen molar-refractivity contribution in [2.75, 3.05) is 11.4 Å². The maximum Gasteiger partial charge on any atom is 0.139 e. The molecular formula is C16H19NO. The van der Waals surface area contributed by atoms with Crippen molar-refractivity contribution >= 4 is 11.4 Å². The summed E-state index contributed by atoms with van der Waals surface area (Å²) in [6.45, 7) is 5.11. The number of aryl methyl sites for hydroxylation is 1. The fourth-order valence-corrected chi connectivity index (χ4v) is 2.10. The maximum absolute atomic E-state index is 10.00. The third-order valence-corrected chi connectivity index (χ3v) is 2.93. The van der Waals surface area contributed by atoms with Crippen molar-refractivity contribution in [1.82, 2.24) is 0 Å². The minimum Gasteiger partial charge on any atom is -0.506 e. The summed E-state index contributed by atoms with van der Waals surface area (Å²) in [4.78, 5) is 2.16. The molecule has 2 nitrogen and oxygen atoms in total. The van der Waals surface area contributed by atoms with Crippen molar-refractivity contribution < 1.29 is 5.11 Å². The van der Waals surface area contributed by atoms with Crippen LogP contribution in [0.4, 0.5) is 11.4 Å². The van der Waals surface area contributed by atoms with Gasteiger partial charge in [0.2, 0.25) is 0 Å². The van der Waals surface area contributed by atoms with E-state index in [1.807, 2.05) is 24.3 Å². The molecule has 2 aromatic carbocycles. The molecule has 0 bridgehead atoms. The van der Waals surface area contributed by atoms with Gasteiger partial charge >= 0.3 is 0 Å². The molecule has 0 radical (unpaired) electrons. The molecule has 0 heterocycles. The SMILES string of the molecule is CCCN(c1cccc(C)c1)c1ccccc1O. The highest BCUT2D eigenvalue weighted by Gasteiger charge is 2.11. The van der Waals surface area contributed by atoms with Gasteiger partial charge in [-0.15, -0.1) is 0 Å². The van der Waals surface area contributed by atoms with Crippen LogP contribution in [0.5, 0.6) is 5.75 Å². The summed E-state index contributed by atoms with van der Waals surface area (Å²) in [6.07, 6.45) is 1.03. The van der Waals surface area contributed by atoms with Gasteiger partial charge in [0.25, 0.3) is 0 Å². The van der Waals surface area contributed by atoms with Crippen molar-refractivity contribution in [3.8, 4) is 5.75 Å². The Kier molecular flexibility index (Phi) is 3.88. The zero-order chi connectivity index (χ0) is 13.0. The lowest BCUT2D eigenvalue weighted by Gasteiger charge is -2.25. The molecule has 0 fully saturated rings. The molecule has 0 saturated carbocycles. The quantitative estimate of drug-likeness (QED) is 0.865. The van der Waals surface area contributed by atoms with Crippen LogP contribution in [-0.4, -0.2) is 11.7 Å². The lowest BCUT2D eigenvalue weighted by atomic mass is 10.1. The van der Waals surface area contributed by atoms with E-state index in [9.17, 15) is 5.11 Å². The molecule has 94 valence electrons. The van der Waals surface area contributed by atoms with E-state index in [4.69, 9.17) is 0 Å². The minimum atomic E-state index is 0.326. The van der Waals surface area contributed by atoms with Gasteiger partial charge in [0.1, 0.15) is 5.75 Å².